The molecular weight excluding hydrogens is 424 g/mol. The van der Waals surface area contributed by atoms with Crippen LogP contribution in [0.4, 0.5) is 5.13 Å². The number of hydrogen-bond donors (Lipinski definition) is 1. The molecule has 0 radical (unpaired) electrons. The van der Waals surface area contributed by atoms with Crippen molar-refractivity contribution in [3.63, 3.8) is 0 Å². The zero-order valence-corrected chi connectivity index (χ0v) is 17.9. The van der Waals surface area contributed by atoms with Gasteiger partial charge in [0.1, 0.15) is 17.2 Å². The number of carbonyl (C=O) groups is 1. The molecule has 0 spiro atoms. The first-order valence-corrected chi connectivity index (χ1v) is 10.7. The first-order chi connectivity index (χ1) is 15.7. The molecule has 0 saturated heterocycles. The molecule has 3 aromatic carbocycles. The van der Waals surface area contributed by atoms with E-state index >= 15 is 0 Å². The molecule has 0 aliphatic carbocycles. The summed E-state index contributed by atoms with van der Waals surface area (Å²) in [6.07, 6.45) is 0. The number of hydrogen-bond acceptors (Lipinski definition) is 6. The maximum Gasteiger partial charge on any atom is 0.257 e. The van der Waals surface area contributed by atoms with Gasteiger partial charge in [-0.05, 0) is 42.5 Å². The molecule has 0 saturated carbocycles. The van der Waals surface area contributed by atoms with Gasteiger partial charge in [-0.15, -0.1) is 11.3 Å². The van der Waals surface area contributed by atoms with Crippen LogP contribution in [0.25, 0.3) is 22.4 Å². The number of fused-ring (bicyclic) bond motifs is 1. The van der Waals surface area contributed by atoms with Crippen molar-refractivity contribution in [2.45, 2.75) is 0 Å². The van der Waals surface area contributed by atoms with Gasteiger partial charge in [0, 0.05) is 16.3 Å². The molecule has 5 rings (SSSR count). The molecule has 0 atom stereocenters. The first kappa shape index (κ1) is 19.8. The summed E-state index contributed by atoms with van der Waals surface area (Å²) in [6, 6.07) is 24.0. The van der Waals surface area contributed by atoms with Gasteiger partial charge >= 0.3 is 0 Å². The topological polar surface area (TPSA) is 73.6 Å². The van der Waals surface area contributed by atoms with E-state index in [1.54, 1.807) is 31.4 Å². The van der Waals surface area contributed by atoms with Crippen molar-refractivity contribution in [1.29, 1.82) is 0 Å². The number of methoxy groups -OCH3 is 1. The minimum absolute atomic E-state index is 0.268. The average Bonchev–Trinajstić information content (AvgIpc) is 3.46. The van der Waals surface area contributed by atoms with Gasteiger partial charge in [0.05, 0.1) is 7.11 Å². The molecule has 0 aliphatic rings. The van der Waals surface area contributed by atoms with E-state index < -0.39 is 0 Å². The Morgan fingerprint density at radius 3 is 2.62 bits per heavy atom. The summed E-state index contributed by atoms with van der Waals surface area (Å²) in [7, 11) is 1.60. The molecule has 0 aliphatic heterocycles. The molecule has 0 bridgehead atoms. The molecule has 1 amide bonds. The van der Waals surface area contributed by atoms with Crippen LogP contribution >= 0.6 is 11.3 Å². The van der Waals surface area contributed by atoms with Crippen molar-refractivity contribution >= 4 is 33.3 Å². The van der Waals surface area contributed by atoms with Crippen molar-refractivity contribution in [1.82, 2.24) is 4.98 Å². The predicted molar refractivity (Wildman–Crippen MR) is 125 cm³/mol. The minimum Gasteiger partial charge on any atom is -0.493 e. The maximum atomic E-state index is 12.7. The highest BCUT2D eigenvalue weighted by molar-refractivity contribution is 7.14. The second kappa shape index (κ2) is 8.56. The molecule has 7 heteroatoms. The summed E-state index contributed by atoms with van der Waals surface area (Å²) < 4.78 is 17.1. The zero-order valence-electron chi connectivity index (χ0n) is 17.1. The van der Waals surface area contributed by atoms with Crippen LogP contribution in [0.5, 0.6) is 17.2 Å². The second-order valence-corrected chi connectivity index (χ2v) is 7.78. The monoisotopic (exact) mass is 442 g/mol. The molecular formula is C25H18N2O4S. The van der Waals surface area contributed by atoms with E-state index in [0.717, 1.165) is 5.39 Å². The molecule has 2 aromatic heterocycles. The number of benzene rings is 3. The summed E-state index contributed by atoms with van der Waals surface area (Å²) in [5.41, 5.74) is 1.78. The van der Waals surface area contributed by atoms with E-state index in [9.17, 15) is 4.79 Å². The Hall–Kier alpha value is -4.10. The molecule has 32 heavy (non-hydrogen) atoms. The van der Waals surface area contributed by atoms with Crippen LogP contribution in [0.3, 0.4) is 0 Å². The Balaban J connectivity index is 1.33. The molecule has 0 unspecified atom stereocenters. The molecule has 5 aromatic rings. The Bertz CT molecular complexity index is 1390. The number of nitrogens with one attached hydrogen (secondary N) is 1. The van der Waals surface area contributed by atoms with Crippen LogP contribution in [0.2, 0.25) is 0 Å². The third kappa shape index (κ3) is 4.06. The van der Waals surface area contributed by atoms with Crippen LogP contribution in [0.15, 0.2) is 88.7 Å². The summed E-state index contributed by atoms with van der Waals surface area (Å²) in [4.78, 5) is 17.3. The van der Waals surface area contributed by atoms with E-state index in [-0.39, 0.29) is 5.91 Å². The van der Waals surface area contributed by atoms with Gasteiger partial charge in [-0.3, -0.25) is 10.1 Å². The van der Waals surface area contributed by atoms with Crippen LogP contribution < -0.4 is 14.8 Å². The second-order valence-electron chi connectivity index (χ2n) is 6.92. The van der Waals surface area contributed by atoms with E-state index in [2.05, 4.69) is 10.3 Å². The van der Waals surface area contributed by atoms with Crippen LogP contribution in [-0.2, 0) is 0 Å². The highest BCUT2D eigenvalue weighted by Crippen LogP contribution is 2.34. The third-order valence-electron chi connectivity index (χ3n) is 4.78. The van der Waals surface area contributed by atoms with Crippen molar-refractivity contribution in [2.75, 3.05) is 12.4 Å². The molecule has 6 nitrogen and oxygen atoms in total. The highest BCUT2D eigenvalue weighted by Gasteiger charge is 2.15. The molecule has 2 heterocycles. The normalized spacial score (nSPS) is 10.8. The van der Waals surface area contributed by atoms with E-state index in [0.29, 0.717) is 45.0 Å². The average molecular weight is 442 g/mol. The number of carbonyl (C=O) groups excluding carboxylic acids is 1. The maximum absolute atomic E-state index is 12.7. The van der Waals surface area contributed by atoms with Gasteiger partial charge in [-0.2, -0.15) is 0 Å². The number of para-hydroxylation sites is 2. The van der Waals surface area contributed by atoms with Gasteiger partial charge in [-0.1, -0.05) is 36.4 Å². The summed E-state index contributed by atoms with van der Waals surface area (Å²) in [6.45, 7) is 0. The van der Waals surface area contributed by atoms with Gasteiger partial charge in [-0.25, -0.2) is 4.98 Å². The number of furan rings is 1. The lowest BCUT2D eigenvalue weighted by atomic mass is 10.2. The van der Waals surface area contributed by atoms with E-state index in [1.807, 2.05) is 60.0 Å². The lowest BCUT2D eigenvalue weighted by molar-refractivity contribution is 0.102. The van der Waals surface area contributed by atoms with Crippen LogP contribution in [0.1, 0.15) is 10.4 Å². The fraction of sp³-hybridized carbons (Fsp3) is 0.0400. The van der Waals surface area contributed by atoms with E-state index in [4.69, 9.17) is 13.9 Å². The Morgan fingerprint density at radius 2 is 1.78 bits per heavy atom. The number of anilines is 1. The molecule has 0 fully saturated rings. The van der Waals surface area contributed by atoms with Gasteiger partial charge < -0.3 is 13.9 Å². The largest absolute Gasteiger partial charge is 0.493 e. The highest BCUT2D eigenvalue weighted by atomic mass is 32.1. The lowest BCUT2D eigenvalue weighted by Gasteiger charge is -2.07. The summed E-state index contributed by atoms with van der Waals surface area (Å²) in [5.74, 6) is 2.29. The number of ether oxygens (including phenoxy) is 2. The predicted octanol–water partition coefficient (Wildman–Crippen LogP) is 6.61. The van der Waals surface area contributed by atoms with Crippen molar-refractivity contribution < 1.29 is 18.7 Å². The quantitative estimate of drug-likeness (QED) is 0.320. The summed E-state index contributed by atoms with van der Waals surface area (Å²) >= 11 is 1.33. The van der Waals surface area contributed by atoms with Crippen LogP contribution in [-0.4, -0.2) is 18.0 Å². The number of thiazole rings is 1. The molecule has 158 valence electrons. The number of aromatic nitrogens is 1. The third-order valence-corrected chi connectivity index (χ3v) is 5.54. The Kier molecular flexibility index (Phi) is 5.31. The number of amides is 1. The minimum atomic E-state index is -0.268. The fourth-order valence-electron chi connectivity index (χ4n) is 3.26. The number of nitrogens with zero attached hydrogens (tertiary/aromatic N) is 1. The van der Waals surface area contributed by atoms with Gasteiger partial charge in [0.2, 0.25) is 0 Å². The van der Waals surface area contributed by atoms with Crippen molar-refractivity contribution in [3.05, 3.63) is 89.8 Å². The number of rotatable bonds is 6. The Labute approximate surface area is 188 Å². The van der Waals surface area contributed by atoms with Crippen molar-refractivity contribution in [2.24, 2.45) is 0 Å². The lowest BCUT2D eigenvalue weighted by Crippen LogP contribution is -2.11. The van der Waals surface area contributed by atoms with E-state index in [1.165, 1.54) is 11.3 Å². The SMILES string of the molecule is COc1cccc2cc(-c3csc(NC(=O)c4cccc(Oc5ccccc5)c4)n3)oc12. The first-order valence-electron chi connectivity index (χ1n) is 9.86. The smallest absolute Gasteiger partial charge is 0.257 e. The molecule has 1 N–H and O–H groups in total. The summed E-state index contributed by atoms with van der Waals surface area (Å²) in [5, 5.41) is 6.09. The zero-order chi connectivity index (χ0) is 21.9. The Morgan fingerprint density at radius 1 is 0.969 bits per heavy atom. The standard InChI is InChI=1S/C25H18N2O4S/c1-29-21-12-6-7-16-14-22(31-23(16)21)20-15-32-25(26-20)27-24(28)17-8-5-11-19(13-17)30-18-9-3-2-4-10-18/h2-15H,1H3,(H,26,27,28). The van der Waals surface area contributed by atoms with Gasteiger partial charge in [0.15, 0.2) is 22.2 Å². The van der Waals surface area contributed by atoms with Crippen molar-refractivity contribution in [3.8, 4) is 28.7 Å². The van der Waals surface area contributed by atoms with Crippen LogP contribution in [0, 0.1) is 0 Å². The van der Waals surface area contributed by atoms with Gasteiger partial charge in [0.25, 0.3) is 5.91 Å². The fourth-order valence-corrected chi connectivity index (χ4v) is 3.96.